The summed E-state index contributed by atoms with van der Waals surface area (Å²) in [4.78, 5) is 23.9. The smallest absolute Gasteiger partial charge is 0.343 e. The lowest BCUT2D eigenvalue weighted by Crippen LogP contribution is -2.08. The van der Waals surface area contributed by atoms with Crippen LogP contribution in [0.15, 0.2) is 23.4 Å². The molecule has 0 amide bonds. The van der Waals surface area contributed by atoms with E-state index < -0.39 is 5.97 Å². The molecule has 0 atom stereocenters. The van der Waals surface area contributed by atoms with Gasteiger partial charge in [0.15, 0.2) is 0 Å². The Labute approximate surface area is 139 Å². The van der Waals surface area contributed by atoms with E-state index in [4.69, 9.17) is 9.47 Å². The van der Waals surface area contributed by atoms with Crippen LogP contribution in [0.2, 0.25) is 0 Å². The minimum Gasteiger partial charge on any atom is -0.465 e. The van der Waals surface area contributed by atoms with E-state index in [-0.39, 0.29) is 18.3 Å². The maximum absolute atomic E-state index is 12.3. The molecule has 0 aliphatic heterocycles. The van der Waals surface area contributed by atoms with Crippen molar-refractivity contribution in [1.29, 1.82) is 0 Å². The molecule has 124 valence electrons. The summed E-state index contributed by atoms with van der Waals surface area (Å²) in [6.07, 6.45) is 2.67. The van der Waals surface area contributed by atoms with Gasteiger partial charge in [-0.15, -0.1) is 0 Å². The van der Waals surface area contributed by atoms with Gasteiger partial charge in [0.1, 0.15) is 10.6 Å². The molecule has 2 aromatic heterocycles. The molecule has 6 nitrogen and oxygen atoms in total. The van der Waals surface area contributed by atoms with E-state index in [2.05, 4.69) is 5.10 Å². The van der Waals surface area contributed by atoms with E-state index in [1.54, 1.807) is 18.4 Å². The second-order valence-electron chi connectivity index (χ2n) is 4.71. The Balaban J connectivity index is 2.39. The van der Waals surface area contributed by atoms with Gasteiger partial charge >= 0.3 is 11.9 Å². The van der Waals surface area contributed by atoms with Crippen molar-refractivity contribution in [2.24, 2.45) is 0 Å². The highest BCUT2D eigenvalue weighted by Crippen LogP contribution is 2.27. The summed E-state index contributed by atoms with van der Waals surface area (Å²) in [7, 11) is 0. The van der Waals surface area contributed by atoms with Crippen molar-refractivity contribution in [3.8, 4) is 0 Å². The third kappa shape index (κ3) is 4.04. The average Bonchev–Trinajstić information content (AvgIpc) is 2.90. The molecule has 0 aromatic carbocycles. The Morgan fingerprint density at radius 2 is 1.96 bits per heavy atom. The summed E-state index contributed by atoms with van der Waals surface area (Å²) in [6, 6.07) is 3.88. The summed E-state index contributed by atoms with van der Waals surface area (Å²) in [5.74, 6) is -0.661. The zero-order chi connectivity index (χ0) is 16.8. The highest BCUT2D eigenvalue weighted by molar-refractivity contribution is 8.00. The Kier molecular flexibility index (Phi) is 6.04. The minimum absolute atomic E-state index is 0.102. The molecule has 0 fully saturated rings. The standard InChI is InChI=1S/C16H20N2O4S/c1-4-11-7-8-18-12(9-11)14(16(20)22-6-3)15(17-18)23-10-13(19)21-5-2/h7-9H,4-6,10H2,1-3H3. The molecular formula is C16H20N2O4S. The van der Waals surface area contributed by atoms with Gasteiger partial charge in [0, 0.05) is 6.20 Å². The maximum atomic E-state index is 12.3. The topological polar surface area (TPSA) is 69.9 Å². The number of esters is 2. The predicted octanol–water partition coefficient (Wildman–Crippen LogP) is 2.73. The van der Waals surface area contributed by atoms with Gasteiger partial charge in [-0.3, -0.25) is 4.79 Å². The Morgan fingerprint density at radius 3 is 2.61 bits per heavy atom. The molecule has 2 rings (SSSR count). The van der Waals surface area contributed by atoms with Crippen molar-refractivity contribution in [1.82, 2.24) is 9.61 Å². The van der Waals surface area contributed by atoms with Gasteiger partial charge in [-0.1, -0.05) is 18.7 Å². The number of carbonyl (C=O) groups is 2. The van der Waals surface area contributed by atoms with Crippen LogP contribution >= 0.6 is 11.8 Å². The highest BCUT2D eigenvalue weighted by Gasteiger charge is 2.22. The fourth-order valence-corrected chi connectivity index (χ4v) is 2.93. The van der Waals surface area contributed by atoms with Crippen molar-refractivity contribution >= 4 is 29.2 Å². The maximum Gasteiger partial charge on any atom is 0.343 e. The van der Waals surface area contributed by atoms with E-state index >= 15 is 0 Å². The Hall–Kier alpha value is -2.02. The van der Waals surface area contributed by atoms with Crippen LogP contribution < -0.4 is 0 Å². The minimum atomic E-state index is -0.429. The normalized spacial score (nSPS) is 10.7. The number of ether oxygens (including phenoxy) is 2. The summed E-state index contributed by atoms with van der Waals surface area (Å²) < 4.78 is 11.7. The molecule has 0 radical (unpaired) electrons. The molecule has 0 unspecified atom stereocenters. The molecule has 0 aliphatic rings. The number of hydrogen-bond acceptors (Lipinski definition) is 6. The monoisotopic (exact) mass is 336 g/mol. The lowest BCUT2D eigenvalue weighted by atomic mass is 10.1. The number of thioether (sulfide) groups is 1. The summed E-state index contributed by atoms with van der Waals surface area (Å²) in [5.41, 5.74) is 2.19. The van der Waals surface area contributed by atoms with Crippen molar-refractivity contribution in [3.05, 3.63) is 29.5 Å². The largest absolute Gasteiger partial charge is 0.465 e. The molecule has 0 spiro atoms. The molecule has 0 saturated carbocycles. The van der Waals surface area contributed by atoms with Gasteiger partial charge in [-0.05, 0) is 38.0 Å². The van der Waals surface area contributed by atoms with Crippen molar-refractivity contribution in [3.63, 3.8) is 0 Å². The summed E-state index contributed by atoms with van der Waals surface area (Å²) >= 11 is 1.18. The van der Waals surface area contributed by atoms with Crippen LogP contribution in [0.3, 0.4) is 0 Å². The molecule has 0 saturated heterocycles. The van der Waals surface area contributed by atoms with E-state index in [0.29, 0.717) is 22.7 Å². The molecule has 0 aliphatic carbocycles. The fourth-order valence-electron chi connectivity index (χ4n) is 2.11. The quantitative estimate of drug-likeness (QED) is 0.572. The second-order valence-corrected chi connectivity index (χ2v) is 5.68. The van der Waals surface area contributed by atoms with Crippen molar-refractivity contribution in [2.45, 2.75) is 32.2 Å². The number of pyridine rings is 1. The van der Waals surface area contributed by atoms with Crippen LogP contribution in [-0.4, -0.2) is 40.5 Å². The number of rotatable bonds is 7. The molecule has 2 aromatic rings. The zero-order valence-corrected chi connectivity index (χ0v) is 14.3. The second kappa shape index (κ2) is 8.01. The van der Waals surface area contributed by atoms with Crippen LogP contribution in [-0.2, 0) is 20.7 Å². The number of hydrogen-bond donors (Lipinski definition) is 0. The Morgan fingerprint density at radius 1 is 1.22 bits per heavy atom. The first-order chi connectivity index (χ1) is 11.1. The molecule has 23 heavy (non-hydrogen) atoms. The van der Waals surface area contributed by atoms with Crippen LogP contribution in [0.25, 0.3) is 5.52 Å². The lowest BCUT2D eigenvalue weighted by molar-refractivity contribution is -0.139. The van der Waals surface area contributed by atoms with Crippen LogP contribution in [0.4, 0.5) is 0 Å². The molecular weight excluding hydrogens is 316 g/mol. The van der Waals surface area contributed by atoms with Crippen molar-refractivity contribution in [2.75, 3.05) is 19.0 Å². The third-order valence-corrected chi connectivity index (χ3v) is 4.13. The van der Waals surface area contributed by atoms with E-state index in [1.807, 2.05) is 25.3 Å². The number of aryl methyl sites for hydroxylation is 1. The SMILES string of the molecule is CCOC(=O)CSc1nn2ccc(CC)cc2c1C(=O)OCC. The molecule has 0 N–H and O–H groups in total. The summed E-state index contributed by atoms with van der Waals surface area (Å²) in [6.45, 7) is 6.17. The van der Waals surface area contributed by atoms with Crippen LogP contribution in [0, 0.1) is 0 Å². The van der Waals surface area contributed by atoms with Gasteiger partial charge < -0.3 is 9.47 Å². The van der Waals surface area contributed by atoms with Gasteiger partial charge in [0.2, 0.25) is 0 Å². The molecule has 0 bridgehead atoms. The highest BCUT2D eigenvalue weighted by atomic mass is 32.2. The van der Waals surface area contributed by atoms with Gasteiger partial charge in [-0.25, -0.2) is 9.31 Å². The number of carbonyl (C=O) groups excluding carboxylic acids is 2. The first-order valence-electron chi connectivity index (χ1n) is 7.57. The van der Waals surface area contributed by atoms with Gasteiger partial charge in [0.25, 0.3) is 0 Å². The van der Waals surface area contributed by atoms with E-state index in [0.717, 1.165) is 12.0 Å². The average molecular weight is 336 g/mol. The van der Waals surface area contributed by atoms with E-state index in [1.165, 1.54) is 11.8 Å². The van der Waals surface area contributed by atoms with Gasteiger partial charge in [0.05, 0.1) is 24.5 Å². The van der Waals surface area contributed by atoms with Crippen molar-refractivity contribution < 1.29 is 19.1 Å². The lowest BCUT2D eigenvalue weighted by Gasteiger charge is -2.04. The predicted molar refractivity (Wildman–Crippen MR) is 87.9 cm³/mol. The first-order valence-corrected chi connectivity index (χ1v) is 8.56. The first kappa shape index (κ1) is 17.3. The Bertz CT molecular complexity index is 711. The fraction of sp³-hybridized carbons (Fsp3) is 0.438. The molecule has 7 heteroatoms. The summed E-state index contributed by atoms with van der Waals surface area (Å²) in [5, 5.41) is 4.87. The van der Waals surface area contributed by atoms with Crippen LogP contribution in [0.1, 0.15) is 36.7 Å². The van der Waals surface area contributed by atoms with Gasteiger partial charge in [-0.2, -0.15) is 5.10 Å². The molecule has 2 heterocycles. The van der Waals surface area contributed by atoms with Crippen LogP contribution in [0.5, 0.6) is 0 Å². The number of fused-ring (bicyclic) bond motifs is 1. The van der Waals surface area contributed by atoms with E-state index in [9.17, 15) is 9.59 Å². The number of aromatic nitrogens is 2. The number of nitrogens with zero attached hydrogens (tertiary/aromatic N) is 2. The third-order valence-electron chi connectivity index (χ3n) is 3.19. The zero-order valence-electron chi connectivity index (χ0n) is 13.5.